The molecule has 0 bridgehead atoms. The average molecular weight is 227 g/mol. The van der Waals surface area contributed by atoms with E-state index in [4.69, 9.17) is 9.84 Å². The van der Waals surface area contributed by atoms with Crippen LogP contribution in [0.15, 0.2) is 17.2 Å². The van der Waals surface area contributed by atoms with Crippen molar-refractivity contribution in [1.29, 1.82) is 0 Å². The molecule has 0 radical (unpaired) electrons. The van der Waals surface area contributed by atoms with Gasteiger partial charge in [0.05, 0.1) is 22.9 Å². The molecule has 82 valence electrons. The van der Waals surface area contributed by atoms with Gasteiger partial charge in [0.25, 0.3) is 0 Å². The molecule has 0 saturated heterocycles. The topological polar surface area (TPSA) is 59.4 Å². The molecule has 0 spiro atoms. The van der Waals surface area contributed by atoms with Crippen molar-refractivity contribution in [1.82, 2.24) is 4.98 Å². The van der Waals surface area contributed by atoms with Crippen molar-refractivity contribution in [3.8, 4) is 0 Å². The van der Waals surface area contributed by atoms with Gasteiger partial charge in [0.15, 0.2) is 0 Å². The Kier molecular flexibility index (Phi) is 4.58. The molecule has 1 heterocycles. The number of carbonyl (C=O) groups is 1. The van der Waals surface area contributed by atoms with Crippen LogP contribution in [-0.4, -0.2) is 35.5 Å². The Bertz CT molecular complexity index is 355. The van der Waals surface area contributed by atoms with Crippen molar-refractivity contribution in [2.24, 2.45) is 0 Å². The van der Waals surface area contributed by atoms with E-state index in [1.54, 1.807) is 37.9 Å². The minimum Gasteiger partial charge on any atom is -0.478 e. The van der Waals surface area contributed by atoms with Gasteiger partial charge in [0.2, 0.25) is 0 Å². The van der Waals surface area contributed by atoms with E-state index < -0.39 is 5.97 Å². The van der Waals surface area contributed by atoms with Gasteiger partial charge in [-0.2, -0.15) is 0 Å². The zero-order valence-corrected chi connectivity index (χ0v) is 9.50. The van der Waals surface area contributed by atoms with Crippen molar-refractivity contribution in [2.75, 3.05) is 19.5 Å². The lowest BCUT2D eigenvalue weighted by Crippen LogP contribution is -2.02. The van der Waals surface area contributed by atoms with Crippen LogP contribution in [0, 0.1) is 6.92 Å². The standard InChI is InChI=1S/C10H13NO3S/c1-7-8(10(12)13)3-4-9(11-7)15-6-5-14-2/h3-4H,5-6H2,1-2H3,(H,12,13). The number of thioether (sulfide) groups is 1. The zero-order chi connectivity index (χ0) is 11.3. The van der Waals surface area contributed by atoms with Crippen molar-refractivity contribution >= 4 is 17.7 Å². The quantitative estimate of drug-likeness (QED) is 0.614. The summed E-state index contributed by atoms with van der Waals surface area (Å²) >= 11 is 1.55. The summed E-state index contributed by atoms with van der Waals surface area (Å²) in [4.78, 5) is 14.9. The Morgan fingerprint density at radius 2 is 2.33 bits per heavy atom. The van der Waals surface area contributed by atoms with E-state index in [0.29, 0.717) is 12.3 Å². The van der Waals surface area contributed by atoms with E-state index in [9.17, 15) is 4.79 Å². The predicted octanol–water partition coefficient (Wildman–Crippen LogP) is 1.83. The number of aromatic carboxylic acids is 1. The minimum atomic E-state index is -0.937. The monoisotopic (exact) mass is 227 g/mol. The minimum absolute atomic E-state index is 0.256. The molecule has 0 aliphatic carbocycles. The number of hydrogen-bond donors (Lipinski definition) is 1. The number of ether oxygens (including phenoxy) is 1. The van der Waals surface area contributed by atoms with Crippen molar-refractivity contribution < 1.29 is 14.6 Å². The maximum Gasteiger partial charge on any atom is 0.337 e. The second-order valence-electron chi connectivity index (χ2n) is 2.93. The zero-order valence-electron chi connectivity index (χ0n) is 8.69. The van der Waals surface area contributed by atoms with Gasteiger partial charge in [-0.3, -0.25) is 0 Å². The molecule has 1 N–H and O–H groups in total. The highest BCUT2D eigenvalue weighted by Crippen LogP contribution is 2.17. The highest BCUT2D eigenvalue weighted by atomic mass is 32.2. The molecule has 4 nitrogen and oxygen atoms in total. The predicted molar refractivity (Wildman–Crippen MR) is 58.5 cm³/mol. The summed E-state index contributed by atoms with van der Waals surface area (Å²) in [5.41, 5.74) is 0.802. The molecule has 0 fully saturated rings. The molecule has 0 aliphatic rings. The lowest BCUT2D eigenvalue weighted by molar-refractivity contribution is 0.0695. The first-order valence-electron chi connectivity index (χ1n) is 4.48. The molecule has 1 aromatic heterocycles. The van der Waals surface area contributed by atoms with Crippen molar-refractivity contribution in [2.45, 2.75) is 11.9 Å². The molecule has 1 rings (SSSR count). The van der Waals surface area contributed by atoms with Crippen LogP contribution in [0.4, 0.5) is 0 Å². The molecule has 0 aromatic carbocycles. The van der Waals surface area contributed by atoms with Gasteiger partial charge in [-0.1, -0.05) is 0 Å². The van der Waals surface area contributed by atoms with Crippen LogP contribution < -0.4 is 0 Å². The Morgan fingerprint density at radius 3 is 2.87 bits per heavy atom. The average Bonchev–Trinajstić information content (AvgIpc) is 2.17. The SMILES string of the molecule is COCCSc1ccc(C(=O)O)c(C)n1. The van der Waals surface area contributed by atoms with Gasteiger partial charge in [0, 0.05) is 12.9 Å². The maximum absolute atomic E-state index is 10.7. The first-order chi connectivity index (χ1) is 7.15. The normalized spacial score (nSPS) is 10.3. The van der Waals surface area contributed by atoms with Crippen LogP contribution in [0.2, 0.25) is 0 Å². The number of aryl methyl sites for hydroxylation is 1. The summed E-state index contributed by atoms with van der Waals surface area (Å²) in [5, 5.41) is 9.63. The summed E-state index contributed by atoms with van der Waals surface area (Å²) in [6.07, 6.45) is 0. The third-order valence-electron chi connectivity index (χ3n) is 1.83. The highest BCUT2D eigenvalue weighted by molar-refractivity contribution is 7.99. The van der Waals surface area contributed by atoms with Gasteiger partial charge >= 0.3 is 5.97 Å². The summed E-state index contributed by atoms with van der Waals surface area (Å²) in [7, 11) is 1.65. The lowest BCUT2D eigenvalue weighted by Gasteiger charge is -2.03. The number of methoxy groups -OCH3 is 1. The Labute approximate surface area is 92.7 Å². The maximum atomic E-state index is 10.7. The number of aromatic nitrogens is 1. The fraction of sp³-hybridized carbons (Fsp3) is 0.400. The molecule has 1 aromatic rings. The molecular weight excluding hydrogens is 214 g/mol. The van der Waals surface area contributed by atoms with E-state index in [-0.39, 0.29) is 5.56 Å². The first-order valence-corrected chi connectivity index (χ1v) is 5.46. The van der Waals surface area contributed by atoms with E-state index in [2.05, 4.69) is 4.98 Å². The smallest absolute Gasteiger partial charge is 0.337 e. The number of hydrogen-bond acceptors (Lipinski definition) is 4. The third kappa shape index (κ3) is 3.53. The van der Waals surface area contributed by atoms with Crippen LogP contribution in [0.3, 0.4) is 0 Å². The molecule has 0 atom stereocenters. The van der Waals surface area contributed by atoms with Crippen LogP contribution in [0.1, 0.15) is 16.1 Å². The molecule has 5 heteroatoms. The number of carboxylic acids is 1. The molecule has 0 saturated carbocycles. The second kappa shape index (κ2) is 5.72. The van der Waals surface area contributed by atoms with Crippen molar-refractivity contribution in [3.63, 3.8) is 0 Å². The van der Waals surface area contributed by atoms with Crippen LogP contribution in [0.5, 0.6) is 0 Å². The summed E-state index contributed by atoms with van der Waals surface area (Å²) in [6.45, 7) is 2.36. The third-order valence-corrected chi connectivity index (χ3v) is 2.72. The van der Waals surface area contributed by atoms with Crippen LogP contribution in [0.25, 0.3) is 0 Å². The van der Waals surface area contributed by atoms with E-state index in [0.717, 1.165) is 10.8 Å². The number of pyridine rings is 1. The van der Waals surface area contributed by atoms with E-state index in [1.165, 1.54) is 0 Å². The molecular formula is C10H13NO3S. The van der Waals surface area contributed by atoms with E-state index >= 15 is 0 Å². The van der Waals surface area contributed by atoms with E-state index in [1.807, 2.05) is 0 Å². The fourth-order valence-corrected chi connectivity index (χ4v) is 1.90. The fourth-order valence-electron chi connectivity index (χ4n) is 1.07. The van der Waals surface area contributed by atoms with Gasteiger partial charge in [0.1, 0.15) is 0 Å². The van der Waals surface area contributed by atoms with Gasteiger partial charge in [-0.15, -0.1) is 11.8 Å². The van der Waals surface area contributed by atoms with Gasteiger partial charge < -0.3 is 9.84 Å². The first kappa shape index (κ1) is 12.0. The summed E-state index contributed by atoms with van der Waals surface area (Å²) in [5.74, 6) is -0.122. The second-order valence-corrected chi connectivity index (χ2v) is 4.04. The molecule has 0 amide bonds. The molecule has 15 heavy (non-hydrogen) atoms. The summed E-state index contributed by atoms with van der Waals surface area (Å²) < 4.78 is 4.91. The summed E-state index contributed by atoms with van der Waals surface area (Å²) in [6, 6.07) is 3.30. The Balaban J connectivity index is 2.69. The van der Waals surface area contributed by atoms with Gasteiger partial charge in [-0.05, 0) is 19.1 Å². The van der Waals surface area contributed by atoms with Crippen LogP contribution >= 0.6 is 11.8 Å². The number of carboxylic acid groups (broad SMARTS) is 1. The Morgan fingerprint density at radius 1 is 1.60 bits per heavy atom. The lowest BCUT2D eigenvalue weighted by atomic mass is 10.2. The van der Waals surface area contributed by atoms with Crippen LogP contribution in [-0.2, 0) is 4.74 Å². The molecule has 0 aliphatic heterocycles. The highest BCUT2D eigenvalue weighted by Gasteiger charge is 2.08. The number of rotatable bonds is 5. The van der Waals surface area contributed by atoms with Gasteiger partial charge in [-0.25, -0.2) is 9.78 Å². The molecule has 0 unspecified atom stereocenters. The van der Waals surface area contributed by atoms with Crippen molar-refractivity contribution in [3.05, 3.63) is 23.4 Å². The largest absolute Gasteiger partial charge is 0.478 e. The Hall–Kier alpha value is -1.07. The number of nitrogens with zero attached hydrogens (tertiary/aromatic N) is 1.